The van der Waals surface area contributed by atoms with E-state index >= 15 is 0 Å². The average molecular weight is 263 g/mol. The summed E-state index contributed by atoms with van der Waals surface area (Å²) in [5.74, 6) is 0.846. The molecule has 0 aromatic carbocycles. The molecule has 0 spiro atoms. The van der Waals surface area contributed by atoms with Gasteiger partial charge < -0.3 is 14.9 Å². The molecule has 2 rings (SSSR count). The lowest BCUT2D eigenvalue weighted by atomic mass is 10.2. The molecule has 1 aliphatic rings. The van der Waals surface area contributed by atoms with E-state index in [4.69, 9.17) is 0 Å². The summed E-state index contributed by atoms with van der Waals surface area (Å²) in [4.78, 5) is 20.3. The number of hydrogen-bond acceptors (Lipinski definition) is 4. The average Bonchev–Trinajstić information content (AvgIpc) is 2.87. The molecule has 1 atom stereocenters. The quantitative estimate of drug-likeness (QED) is 0.885. The van der Waals surface area contributed by atoms with Gasteiger partial charge in [0.05, 0.1) is 11.7 Å². The summed E-state index contributed by atoms with van der Waals surface area (Å²) in [5, 5.41) is 9.46. The molecule has 0 unspecified atom stereocenters. The molecular weight excluding hydrogens is 242 g/mol. The number of carbonyl (C=O) groups excluding carboxylic acids is 1. The van der Waals surface area contributed by atoms with Gasteiger partial charge in [0.1, 0.15) is 5.82 Å². The Bertz CT molecular complexity index is 429. The van der Waals surface area contributed by atoms with E-state index in [1.165, 1.54) is 0 Å². The molecule has 1 aromatic rings. The fraction of sp³-hybridized carbons (Fsp3) is 0.571. The number of hydrogen-bond donors (Lipinski definition) is 1. The Morgan fingerprint density at radius 1 is 1.47 bits per heavy atom. The van der Waals surface area contributed by atoms with Crippen LogP contribution in [-0.2, 0) is 0 Å². The molecule has 5 nitrogen and oxygen atoms in total. The molecule has 1 amide bonds. The van der Waals surface area contributed by atoms with Crippen molar-refractivity contribution in [3.63, 3.8) is 0 Å². The minimum Gasteiger partial charge on any atom is -0.391 e. The van der Waals surface area contributed by atoms with Crippen LogP contribution < -0.4 is 4.90 Å². The van der Waals surface area contributed by atoms with Gasteiger partial charge in [0.15, 0.2) is 0 Å². The van der Waals surface area contributed by atoms with Gasteiger partial charge in [-0.1, -0.05) is 0 Å². The Morgan fingerprint density at radius 2 is 2.21 bits per heavy atom. The number of rotatable bonds is 4. The minimum absolute atomic E-state index is 0.0462. The Labute approximate surface area is 113 Å². The third kappa shape index (κ3) is 3.04. The SMILES string of the molecule is CCN(CC)c1ccc(C(=O)N2CC[C@@H](O)C2)cn1. The van der Waals surface area contributed by atoms with E-state index in [-0.39, 0.29) is 12.0 Å². The lowest BCUT2D eigenvalue weighted by molar-refractivity contribution is 0.0764. The highest BCUT2D eigenvalue weighted by atomic mass is 16.3. The number of carbonyl (C=O) groups is 1. The van der Waals surface area contributed by atoms with Gasteiger partial charge in [-0.2, -0.15) is 0 Å². The van der Waals surface area contributed by atoms with Gasteiger partial charge in [0.25, 0.3) is 5.91 Å². The fourth-order valence-corrected chi connectivity index (χ4v) is 2.36. The normalized spacial score (nSPS) is 18.7. The lowest BCUT2D eigenvalue weighted by Crippen LogP contribution is -2.30. The van der Waals surface area contributed by atoms with Gasteiger partial charge >= 0.3 is 0 Å². The molecule has 5 heteroatoms. The van der Waals surface area contributed by atoms with Crippen LogP contribution in [0.2, 0.25) is 0 Å². The molecule has 0 saturated carbocycles. The van der Waals surface area contributed by atoms with E-state index < -0.39 is 0 Å². The summed E-state index contributed by atoms with van der Waals surface area (Å²) in [5.41, 5.74) is 0.588. The second kappa shape index (κ2) is 6.02. The lowest BCUT2D eigenvalue weighted by Gasteiger charge is -2.20. The number of amides is 1. The molecule has 0 radical (unpaired) electrons. The van der Waals surface area contributed by atoms with Crippen LogP contribution >= 0.6 is 0 Å². The first-order valence-electron chi connectivity index (χ1n) is 6.84. The predicted octanol–water partition coefficient (Wildman–Crippen LogP) is 1.13. The van der Waals surface area contributed by atoms with Crippen molar-refractivity contribution in [2.75, 3.05) is 31.1 Å². The second-order valence-corrected chi connectivity index (χ2v) is 4.77. The third-order valence-corrected chi connectivity index (χ3v) is 3.53. The minimum atomic E-state index is -0.383. The summed E-state index contributed by atoms with van der Waals surface area (Å²) < 4.78 is 0. The van der Waals surface area contributed by atoms with E-state index in [0.29, 0.717) is 25.1 Å². The van der Waals surface area contributed by atoms with Gasteiger partial charge in [-0.25, -0.2) is 4.98 Å². The zero-order valence-electron chi connectivity index (χ0n) is 11.5. The van der Waals surface area contributed by atoms with Crippen LogP contribution in [0.25, 0.3) is 0 Å². The summed E-state index contributed by atoms with van der Waals surface area (Å²) >= 11 is 0. The number of aliphatic hydroxyl groups excluding tert-OH is 1. The van der Waals surface area contributed by atoms with E-state index in [1.54, 1.807) is 11.1 Å². The molecule has 0 aliphatic carbocycles. The summed E-state index contributed by atoms with van der Waals surface area (Å²) in [6.07, 6.45) is 1.91. The molecule has 1 aromatic heterocycles. The predicted molar refractivity (Wildman–Crippen MR) is 74.3 cm³/mol. The molecule has 2 heterocycles. The van der Waals surface area contributed by atoms with Gasteiger partial charge in [-0.3, -0.25) is 4.79 Å². The second-order valence-electron chi connectivity index (χ2n) is 4.77. The van der Waals surface area contributed by atoms with Crippen LogP contribution in [0.3, 0.4) is 0 Å². The van der Waals surface area contributed by atoms with Crippen LogP contribution in [0, 0.1) is 0 Å². The first-order chi connectivity index (χ1) is 9.15. The maximum absolute atomic E-state index is 12.2. The monoisotopic (exact) mass is 263 g/mol. The summed E-state index contributed by atoms with van der Waals surface area (Å²) in [6.45, 7) is 7.00. The molecule has 19 heavy (non-hydrogen) atoms. The molecule has 1 N–H and O–H groups in total. The number of nitrogens with zero attached hydrogens (tertiary/aromatic N) is 3. The van der Waals surface area contributed by atoms with Crippen molar-refractivity contribution in [2.24, 2.45) is 0 Å². The maximum Gasteiger partial charge on any atom is 0.255 e. The summed E-state index contributed by atoms with van der Waals surface area (Å²) in [7, 11) is 0. The van der Waals surface area contributed by atoms with E-state index in [9.17, 15) is 9.90 Å². The smallest absolute Gasteiger partial charge is 0.255 e. The molecule has 1 saturated heterocycles. The first kappa shape index (κ1) is 13.8. The molecular formula is C14H21N3O2. The van der Waals surface area contributed by atoms with Crippen LogP contribution in [-0.4, -0.2) is 53.2 Å². The number of anilines is 1. The van der Waals surface area contributed by atoms with Crippen molar-refractivity contribution in [1.82, 2.24) is 9.88 Å². The number of aliphatic hydroxyl groups is 1. The standard InChI is InChI=1S/C14H21N3O2/c1-3-16(4-2)13-6-5-11(9-15-13)14(19)17-8-7-12(18)10-17/h5-6,9,12,18H,3-4,7-8,10H2,1-2H3/t12-/m1/s1. The van der Waals surface area contributed by atoms with Gasteiger partial charge in [0.2, 0.25) is 0 Å². The largest absolute Gasteiger partial charge is 0.391 e. The molecule has 0 bridgehead atoms. The zero-order chi connectivity index (χ0) is 13.8. The third-order valence-electron chi connectivity index (χ3n) is 3.53. The van der Waals surface area contributed by atoms with Crippen molar-refractivity contribution >= 4 is 11.7 Å². The van der Waals surface area contributed by atoms with Crippen molar-refractivity contribution in [3.8, 4) is 0 Å². The van der Waals surface area contributed by atoms with Gasteiger partial charge in [-0.15, -0.1) is 0 Å². The number of pyridine rings is 1. The first-order valence-corrected chi connectivity index (χ1v) is 6.84. The Balaban J connectivity index is 2.07. The van der Waals surface area contributed by atoms with Crippen molar-refractivity contribution < 1.29 is 9.90 Å². The van der Waals surface area contributed by atoms with Crippen LogP contribution in [0.15, 0.2) is 18.3 Å². The van der Waals surface area contributed by atoms with E-state index in [2.05, 4.69) is 23.7 Å². The highest BCUT2D eigenvalue weighted by Crippen LogP contribution is 2.15. The Hall–Kier alpha value is -1.62. The van der Waals surface area contributed by atoms with Crippen molar-refractivity contribution in [3.05, 3.63) is 23.9 Å². The number of β-amino-alcohol motifs (C(OH)–C–C–N with tert-alkyl or cyclic N) is 1. The maximum atomic E-state index is 12.2. The number of likely N-dealkylation sites (tertiary alicyclic amines) is 1. The Morgan fingerprint density at radius 3 is 2.68 bits per heavy atom. The highest BCUT2D eigenvalue weighted by Gasteiger charge is 2.25. The Kier molecular flexibility index (Phi) is 4.37. The van der Waals surface area contributed by atoms with Gasteiger partial charge in [-0.05, 0) is 32.4 Å². The van der Waals surface area contributed by atoms with E-state index in [1.807, 2.05) is 12.1 Å². The van der Waals surface area contributed by atoms with Crippen molar-refractivity contribution in [2.45, 2.75) is 26.4 Å². The van der Waals surface area contributed by atoms with Crippen molar-refractivity contribution in [1.29, 1.82) is 0 Å². The number of aromatic nitrogens is 1. The van der Waals surface area contributed by atoms with Crippen LogP contribution in [0.5, 0.6) is 0 Å². The van der Waals surface area contributed by atoms with Crippen LogP contribution in [0.1, 0.15) is 30.6 Å². The molecule has 1 aliphatic heterocycles. The van der Waals surface area contributed by atoms with E-state index in [0.717, 1.165) is 18.9 Å². The van der Waals surface area contributed by atoms with Gasteiger partial charge in [0, 0.05) is 32.4 Å². The molecule has 104 valence electrons. The highest BCUT2D eigenvalue weighted by molar-refractivity contribution is 5.94. The fourth-order valence-electron chi connectivity index (χ4n) is 2.36. The van der Waals surface area contributed by atoms with Crippen LogP contribution in [0.4, 0.5) is 5.82 Å². The zero-order valence-corrected chi connectivity index (χ0v) is 11.5. The topological polar surface area (TPSA) is 56.7 Å². The summed E-state index contributed by atoms with van der Waals surface area (Å²) in [6, 6.07) is 3.69. The molecule has 1 fully saturated rings.